The van der Waals surface area contributed by atoms with E-state index in [9.17, 15) is 20.0 Å². The normalized spacial score (nSPS) is 18.5. The van der Waals surface area contributed by atoms with E-state index in [0.29, 0.717) is 5.56 Å². The number of carbonyl (C=O) groups excluding carboxylic acids is 1. The van der Waals surface area contributed by atoms with Crippen LogP contribution in [0.25, 0.3) is 0 Å². The third-order valence-corrected chi connectivity index (χ3v) is 2.27. The monoisotopic (exact) mass is 209 g/mol. The van der Waals surface area contributed by atoms with Gasteiger partial charge in [-0.05, 0) is 13.0 Å². The Balaban J connectivity index is 2.64. The molecule has 15 heavy (non-hydrogen) atoms. The molecule has 78 valence electrons. The van der Waals surface area contributed by atoms with Crippen LogP contribution in [0.2, 0.25) is 0 Å². The number of nitro benzene ring substituents is 1. The Kier molecular flexibility index (Phi) is 1.94. The third-order valence-electron chi connectivity index (χ3n) is 2.27. The Morgan fingerprint density at radius 2 is 2.20 bits per heavy atom. The van der Waals surface area contributed by atoms with Crippen LogP contribution in [0.4, 0.5) is 5.69 Å². The molecule has 0 aliphatic carbocycles. The number of rotatable bonds is 1. The van der Waals surface area contributed by atoms with Crippen LogP contribution in [0.1, 0.15) is 27.8 Å². The molecule has 1 N–H and O–H groups in total. The number of nitrogens with zero attached hydrogens (tertiary/aromatic N) is 1. The predicted molar refractivity (Wildman–Crippen MR) is 48.2 cm³/mol. The number of hydrogen-bond acceptors (Lipinski definition) is 5. The standard InChI is InChI=1S/C9H7NO5/c1-4-2-5-6(3-7(4)10(13)14)9(12)15-8(5)11/h2-3,8,11H,1H3. The maximum absolute atomic E-state index is 11.2. The molecule has 0 radical (unpaired) electrons. The summed E-state index contributed by atoms with van der Waals surface area (Å²) in [5.74, 6) is -0.736. The average molecular weight is 209 g/mol. The molecule has 0 spiro atoms. The van der Waals surface area contributed by atoms with E-state index in [0.717, 1.165) is 6.07 Å². The average Bonchev–Trinajstić information content (AvgIpc) is 2.41. The smallest absolute Gasteiger partial charge is 0.341 e. The zero-order chi connectivity index (χ0) is 11.2. The molecule has 0 saturated carbocycles. The van der Waals surface area contributed by atoms with Gasteiger partial charge in [-0.2, -0.15) is 0 Å². The van der Waals surface area contributed by atoms with Gasteiger partial charge in [0, 0.05) is 17.2 Å². The minimum atomic E-state index is -1.31. The molecular weight excluding hydrogens is 202 g/mol. The summed E-state index contributed by atoms with van der Waals surface area (Å²) in [4.78, 5) is 21.2. The Hall–Kier alpha value is -1.95. The number of aryl methyl sites for hydroxylation is 1. The maximum Gasteiger partial charge on any atom is 0.341 e. The Labute approximate surface area is 84.2 Å². The number of aliphatic hydroxyl groups excluding tert-OH is 1. The van der Waals surface area contributed by atoms with Gasteiger partial charge in [0.1, 0.15) is 0 Å². The number of benzene rings is 1. The summed E-state index contributed by atoms with van der Waals surface area (Å²) < 4.78 is 4.52. The largest absolute Gasteiger partial charge is 0.428 e. The zero-order valence-electron chi connectivity index (χ0n) is 7.76. The van der Waals surface area contributed by atoms with Gasteiger partial charge >= 0.3 is 5.97 Å². The lowest BCUT2D eigenvalue weighted by Gasteiger charge is -2.02. The van der Waals surface area contributed by atoms with Gasteiger partial charge in [-0.25, -0.2) is 4.79 Å². The minimum absolute atomic E-state index is 0.0554. The fourth-order valence-electron chi connectivity index (χ4n) is 1.52. The molecule has 1 atom stereocenters. The number of aliphatic hydroxyl groups is 1. The first kappa shape index (κ1) is 9.60. The molecule has 0 aromatic heterocycles. The topological polar surface area (TPSA) is 89.7 Å². The second kappa shape index (κ2) is 3.03. The third kappa shape index (κ3) is 1.35. The van der Waals surface area contributed by atoms with Crippen molar-refractivity contribution in [1.82, 2.24) is 0 Å². The number of nitro groups is 1. The van der Waals surface area contributed by atoms with Crippen LogP contribution < -0.4 is 0 Å². The molecule has 0 saturated heterocycles. The van der Waals surface area contributed by atoms with E-state index in [1.165, 1.54) is 13.0 Å². The first-order valence-electron chi connectivity index (χ1n) is 4.18. The summed E-state index contributed by atoms with van der Waals surface area (Å²) >= 11 is 0. The highest BCUT2D eigenvalue weighted by molar-refractivity contribution is 5.94. The molecule has 0 fully saturated rings. The highest BCUT2D eigenvalue weighted by Crippen LogP contribution is 2.33. The lowest BCUT2D eigenvalue weighted by molar-refractivity contribution is -0.385. The van der Waals surface area contributed by atoms with Gasteiger partial charge in [0.15, 0.2) is 0 Å². The highest BCUT2D eigenvalue weighted by atomic mass is 16.6. The van der Waals surface area contributed by atoms with Crippen LogP contribution in [-0.2, 0) is 4.74 Å². The van der Waals surface area contributed by atoms with Crippen molar-refractivity contribution in [2.24, 2.45) is 0 Å². The highest BCUT2D eigenvalue weighted by Gasteiger charge is 2.32. The summed E-state index contributed by atoms with van der Waals surface area (Å²) in [6.07, 6.45) is -1.31. The first-order valence-corrected chi connectivity index (χ1v) is 4.18. The molecular formula is C9H7NO5. The quantitative estimate of drug-likeness (QED) is 0.424. The van der Waals surface area contributed by atoms with Crippen molar-refractivity contribution < 1.29 is 19.6 Å². The number of esters is 1. The Bertz CT molecular complexity index is 468. The van der Waals surface area contributed by atoms with Gasteiger partial charge in [-0.15, -0.1) is 0 Å². The summed E-state index contributed by atoms with van der Waals surface area (Å²) in [5, 5.41) is 19.9. The summed E-state index contributed by atoms with van der Waals surface area (Å²) in [5.41, 5.74) is 0.568. The number of ether oxygens (including phenoxy) is 1. The number of fused-ring (bicyclic) bond motifs is 1. The summed E-state index contributed by atoms with van der Waals surface area (Å²) in [6, 6.07) is 2.52. The second-order valence-corrected chi connectivity index (χ2v) is 3.24. The lowest BCUT2D eigenvalue weighted by Crippen LogP contribution is -1.98. The number of carbonyl (C=O) groups is 1. The van der Waals surface area contributed by atoms with Gasteiger partial charge in [0.25, 0.3) is 5.69 Å². The van der Waals surface area contributed by atoms with Crippen molar-refractivity contribution >= 4 is 11.7 Å². The van der Waals surface area contributed by atoms with E-state index < -0.39 is 17.2 Å². The van der Waals surface area contributed by atoms with Gasteiger partial charge in [-0.1, -0.05) is 0 Å². The summed E-state index contributed by atoms with van der Waals surface area (Å²) in [6.45, 7) is 1.54. The van der Waals surface area contributed by atoms with Crippen molar-refractivity contribution in [3.8, 4) is 0 Å². The van der Waals surface area contributed by atoms with Crippen LogP contribution in [0, 0.1) is 17.0 Å². The molecule has 2 rings (SSSR count). The van der Waals surface area contributed by atoms with E-state index in [1.807, 2.05) is 0 Å². The van der Waals surface area contributed by atoms with Crippen molar-refractivity contribution in [1.29, 1.82) is 0 Å². The van der Waals surface area contributed by atoms with Crippen molar-refractivity contribution in [2.75, 3.05) is 0 Å². The lowest BCUT2D eigenvalue weighted by atomic mass is 10.0. The van der Waals surface area contributed by atoms with E-state index >= 15 is 0 Å². The second-order valence-electron chi connectivity index (χ2n) is 3.24. The van der Waals surface area contributed by atoms with E-state index in [2.05, 4.69) is 4.74 Å². The molecule has 1 heterocycles. The van der Waals surface area contributed by atoms with E-state index in [-0.39, 0.29) is 16.8 Å². The maximum atomic E-state index is 11.2. The molecule has 1 aromatic carbocycles. The van der Waals surface area contributed by atoms with Gasteiger partial charge in [0.05, 0.1) is 10.5 Å². The molecule has 1 unspecified atom stereocenters. The van der Waals surface area contributed by atoms with Crippen LogP contribution in [0.5, 0.6) is 0 Å². The van der Waals surface area contributed by atoms with Gasteiger partial charge < -0.3 is 9.84 Å². The molecule has 0 bridgehead atoms. The SMILES string of the molecule is Cc1cc2c(cc1[N+](=O)[O-])C(=O)OC2O. The van der Waals surface area contributed by atoms with Crippen molar-refractivity contribution in [3.05, 3.63) is 38.9 Å². The molecule has 0 amide bonds. The first-order chi connectivity index (χ1) is 7.00. The molecule has 1 aliphatic heterocycles. The molecule has 1 aromatic rings. The van der Waals surface area contributed by atoms with E-state index in [1.54, 1.807) is 0 Å². The molecule has 6 nitrogen and oxygen atoms in total. The Morgan fingerprint density at radius 1 is 1.53 bits per heavy atom. The van der Waals surface area contributed by atoms with Crippen LogP contribution in [0.15, 0.2) is 12.1 Å². The Morgan fingerprint density at radius 3 is 2.80 bits per heavy atom. The van der Waals surface area contributed by atoms with Crippen LogP contribution in [0.3, 0.4) is 0 Å². The van der Waals surface area contributed by atoms with Crippen LogP contribution >= 0.6 is 0 Å². The van der Waals surface area contributed by atoms with Gasteiger partial charge in [-0.3, -0.25) is 10.1 Å². The zero-order valence-corrected chi connectivity index (χ0v) is 7.76. The van der Waals surface area contributed by atoms with Crippen LogP contribution in [-0.4, -0.2) is 16.0 Å². The molecule has 1 aliphatic rings. The summed E-state index contributed by atoms with van der Waals surface area (Å²) in [7, 11) is 0. The predicted octanol–water partition coefficient (Wildman–Crippen LogP) is 1.06. The fourth-order valence-corrected chi connectivity index (χ4v) is 1.52. The fraction of sp³-hybridized carbons (Fsp3) is 0.222. The van der Waals surface area contributed by atoms with E-state index in [4.69, 9.17) is 0 Å². The molecule has 6 heteroatoms. The number of hydrogen-bond donors (Lipinski definition) is 1. The number of cyclic esters (lactones) is 1. The van der Waals surface area contributed by atoms with Crippen molar-refractivity contribution in [3.63, 3.8) is 0 Å². The van der Waals surface area contributed by atoms with Gasteiger partial charge in [0.2, 0.25) is 6.29 Å². The minimum Gasteiger partial charge on any atom is -0.428 e. The van der Waals surface area contributed by atoms with Crippen molar-refractivity contribution in [2.45, 2.75) is 13.2 Å².